The fourth-order valence-corrected chi connectivity index (χ4v) is 2.61. The van der Waals surface area contributed by atoms with Crippen LogP contribution in [0.4, 0.5) is 5.82 Å². The van der Waals surface area contributed by atoms with Crippen molar-refractivity contribution in [2.45, 2.75) is 19.1 Å². The van der Waals surface area contributed by atoms with Crippen molar-refractivity contribution in [3.05, 3.63) is 23.9 Å². The first kappa shape index (κ1) is 27.4. The topological polar surface area (TPSA) is 83.7 Å². The highest BCUT2D eigenvalue weighted by atomic mass is 35.5. The maximum atomic E-state index is 12.0. The Labute approximate surface area is 174 Å². The molecular formula is C16H30Cl3N5O2. The summed E-state index contributed by atoms with van der Waals surface area (Å²) < 4.78 is 5.14. The molecule has 1 aliphatic rings. The number of likely N-dealkylation sites (N-methyl/N-ethyl adjacent to an activating group) is 1. The first-order valence-corrected chi connectivity index (χ1v) is 8.01. The minimum absolute atomic E-state index is 0. The Balaban J connectivity index is 0. The highest BCUT2D eigenvalue weighted by molar-refractivity contribution is 5.86. The van der Waals surface area contributed by atoms with Crippen LogP contribution in [0.15, 0.2) is 18.3 Å². The third kappa shape index (κ3) is 8.24. The molecule has 7 nitrogen and oxygen atoms in total. The van der Waals surface area contributed by atoms with Gasteiger partial charge in [0.25, 0.3) is 0 Å². The van der Waals surface area contributed by atoms with Crippen LogP contribution in [0.3, 0.4) is 0 Å². The van der Waals surface area contributed by atoms with Crippen LogP contribution in [0.25, 0.3) is 0 Å². The summed E-state index contributed by atoms with van der Waals surface area (Å²) in [5.41, 5.74) is 6.58. The van der Waals surface area contributed by atoms with Crippen LogP contribution in [0.1, 0.15) is 12.0 Å². The lowest BCUT2D eigenvalue weighted by molar-refractivity contribution is -0.123. The molecule has 1 unspecified atom stereocenters. The number of nitrogens with one attached hydrogen (secondary N) is 1. The maximum absolute atomic E-state index is 12.0. The standard InChI is InChI=1S/C16H27N5O2.3ClH/c1-20-6-8-21(9-7-20)16-13(4-3-5-18-16)12-19-15(22)10-14(11-17)23-2;;;/h3-5,14H,6-12,17H2,1-2H3,(H,19,22);3*1H. The molecule has 1 aromatic heterocycles. The van der Waals surface area contributed by atoms with Gasteiger partial charge in [0.1, 0.15) is 5.82 Å². The Hall–Kier alpha value is -0.830. The molecule has 0 radical (unpaired) electrons. The number of methoxy groups -OCH3 is 1. The Morgan fingerprint density at radius 2 is 1.96 bits per heavy atom. The first-order valence-electron chi connectivity index (χ1n) is 8.01. The van der Waals surface area contributed by atoms with Gasteiger partial charge < -0.3 is 25.6 Å². The molecule has 2 heterocycles. The molecule has 0 aromatic carbocycles. The highest BCUT2D eigenvalue weighted by Crippen LogP contribution is 2.18. The lowest BCUT2D eigenvalue weighted by atomic mass is 10.2. The van der Waals surface area contributed by atoms with Crippen molar-refractivity contribution in [2.24, 2.45) is 5.73 Å². The summed E-state index contributed by atoms with van der Waals surface area (Å²) in [5, 5.41) is 2.93. The van der Waals surface area contributed by atoms with E-state index in [2.05, 4.69) is 27.1 Å². The summed E-state index contributed by atoms with van der Waals surface area (Å²) in [6, 6.07) is 3.91. The van der Waals surface area contributed by atoms with Crippen molar-refractivity contribution in [3.8, 4) is 0 Å². The molecule has 1 saturated heterocycles. The number of amides is 1. The molecule has 3 N–H and O–H groups in total. The van der Waals surface area contributed by atoms with Gasteiger partial charge in [0.2, 0.25) is 5.91 Å². The predicted octanol–water partition coefficient (Wildman–Crippen LogP) is 1.08. The third-order valence-corrected chi connectivity index (χ3v) is 4.16. The largest absolute Gasteiger partial charge is 0.380 e. The highest BCUT2D eigenvalue weighted by Gasteiger charge is 2.18. The van der Waals surface area contributed by atoms with E-state index in [1.165, 1.54) is 0 Å². The zero-order valence-corrected chi connectivity index (χ0v) is 17.7. The van der Waals surface area contributed by atoms with Gasteiger partial charge in [-0.2, -0.15) is 0 Å². The Bertz CT molecular complexity index is 512. The van der Waals surface area contributed by atoms with E-state index in [4.69, 9.17) is 10.5 Å². The van der Waals surface area contributed by atoms with Crippen LogP contribution >= 0.6 is 37.2 Å². The van der Waals surface area contributed by atoms with E-state index in [1.54, 1.807) is 13.3 Å². The van der Waals surface area contributed by atoms with E-state index in [9.17, 15) is 4.79 Å². The molecule has 0 bridgehead atoms. The molecule has 1 atom stereocenters. The minimum atomic E-state index is -0.235. The predicted molar refractivity (Wildman–Crippen MR) is 112 cm³/mol. The van der Waals surface area contributed by atoms with E-state index < -0.39 is 0 Å². The van der Waals surface area contributed by atoms with Gasteiger partial charge in [-0.25, -0.2) is 4.98 Å². The van der Waals surface area contributed by atoms with Crippen molar-refractivity contribution in [1.82, 2.24) is 15.2 Å². The first-order chi connectivity index (χ1) is 11.1. The normalized spacial score (nSPS) is 15.1. The maximum Gasteiger partial charge on any atom is 0.222 e. The minimum Gasteiger partial charge on any atom is -0.380 e. The van der Waals surface area contributed by atoms with Crippen molar-refractivity contribution in [2.75, 3.05) is 51.8 Å². The number of nitrogens with zero attached hydrogens (tertiary/aromatic N) is 3. The number of nitrogens with two attached hydrogens (primary N) is 1. The number of anilines is 1. The van der Waals surface area contributed by atoms with Crippen LogP contribution in [0.2, 0.25) is 0 Å². The zero-order valence-electron chi connectivity index (χ0n) is 15.2. The van der Waals surface area contributed by atoms with Crippen LogP contribution in [0, 0.1) is 0 Å². The van der Waals surface area contributed by atoms with E-state index in [0.717, 1.165) is 37.6 Å². The molecule has 152 valence electrons. The smallest absolute Gasteiger partial charge is 0.222 e. The molecule has 1 amide bonds. The van der Waals surface area contributed by atoms with Crippen molar-refractivity contribution >= 4 is 48.9 Å². The SMILES string of the molecule is COC(CN)CC(=O)NCc1cccnc1N1CCN(C)CC1.Cl.Cl.Cl. The van der Waals surface area contributed by atoms with Gasteiger partial charge in [-0.3, -0.25) is 4.79 Å². The molecule has 1 aliphatic heterocycles. The molecule has 0 aliphatic carbocycles. The van der Waals surface area contributed by atoms with Crippen molar-refractivity contribution in [3.63, 3.8) is 0 Å². The molecule has 0 spiro atoms. The van der Waals surface area contributed by atoms with Crippen LogP contribution in [-0.2, 0) is 16.1 Å². The summed E-state index contributed by atoms with van der Waals surface area (Å²) in [4.78, 5) is 21.1. The second-order valence-electron chi connectivity index (χ2n) is 5.85. The van der Waals surface area contributed by atoms with E-state index in [-0.39, 0.29) is 55.7 Å². The van der Waals surface area contributed by atoms with E-state index in [1.807, 2.05) is 12.1 Å². The van der Waals surface area contributed by atoms with Gasteiger partial charge in [0.15, 0.2) is 0 Å². The monoisotopic (exact) mass is 429 g/mol. The second kappa shape index (κ2) is 14.3. The Morgan fingerprint density at radius 3 is 2.54 bits per heavy atom. The number of ether oxygens (including phenoxy) is 1. The van der Waals surface area contributed by atoms with Gasteiger partial charge in [-0.15, -0.1) is 37.2 Å². The van der Waals surface area contributed by atoms with E-state index >= 15 is 0 Å². The number of halogens is 3. The fraction of sp³-hybridized carbons (Fsp3) is 0.625. The number of piperazine rings is 1. The lowest BCUT2D eigenvalue weighted by Crippen LogP contribution is -2.45. The van der Waals surface area contributed by atoms with Crippen LogP contribution in [-0.4, -0.2) is 68.8 Å². The van der Waals surface area contributed by atoms with Gasteiger partial charge >= 0.3 is 0 Å². The lowest BCUT2D eigenvalue weighted by Gasteiger charge is -2.34. The molecule has 2 rings (SSSR count). The van der Waals surface area contributed by atoms with Gasteiger partial charge in [0, 0.05) is 58.1 Å². The fourth-order valence-electron chi connectivity index (χ4n) is 2.61. The number of hydrogen-bond donors (Lipinski definition) is 2. The summed E-state index contributed by atoms with van der Waals surface area (Å²) >= 11 is 0. The summed E-state index contributed by atoms with van der Waals surface area (Å²) in [5.74, 6) is 0.901. The molecule has 10 heteroatoms. The molecule has 1 aromatic rings. The number of aromatic nitrogens is 1. The molecule has 1 fully saturated rings. The van der Waals surface area contributed by atoms with Gasteiger partial charge in [0.05, 0.1) is 12.5 Å². The average Bonchev–Trinajstić information content (AvgIpc) is 2.59. The number of rotatable bonds is 7. The quantitative estimate of drug-likeness (QED) is 0.673. The van der Waals surface area contributed by atoms with Crippen LogP contribution < -0.4 is 16.0 Å². The van der Waals surface area contributed by atoms with Crippen molar-refractivity contribution < 1.29 is 9.53 Å². The molecular weight excluding hydrogens is 401 g/mol. The van der Waals surface area contributed by atoms with Crippen molar-refractivity contribution in [1.29, 1.82) is 0 Å². The Morgan fingerprint density at radius 1 is 1.31 bits per heavy atom. The number of pyridine rings is 1. The summed E-state index contributed by atoms with van der Waals surface area (Å²) in [6.45, 7) is 4.75. The third-order valence-electron chi connectivity index (χ3n) is 4.16. The number of carbonyl (C=O) groups is 1. The zero-order chi connectivity index (χ0) is 16.7. The van der Waals surface area contributed by atoms with Crippen LogP contribution in [0.5, 0.6) is 0 Å². The number of carbonyl (C=O) groups excluding carboxylic acids is 1. The van der Waals surface area contributed by atoms with Gasteiger partial charge in [-0.1, -0.05) is 6.07 Å². The molecule has 26 heavy (non-hydrogen) atoms. The second-order valence-corrected chi connectivity index (χ2v) is 5.85. The van der Waals surface area contributed by atoms with Gasteiger partial charge in [-0.05, 0) is 13.1 Å². The van der Waals surface area contributed by atoms with E-state index in [0.29, 0.717) is 13.1 Å². The Kier molecular flexibility index (Phi) is 15.0. The molecule has 0 saturated carbocycles. The average molecular weight is 431 g/mol. The summed E-state index contributed by atoms with van der Waals surface area (Å²) in [6.07, 6.45) is 1.84. The number of hydrogen-bond acceptors (Lipinski definition) is 6. The summed E-state index contributed by atoms with van der Waals surface area (Å²) in [7, 11) is 3.69.